The van der Waals surface area contributed by atoms with Gasteiger partial charge in [0, 0.05) is 17.7 Å². The van der Waals surface area contributed by atoms with Crippen LogP contribution in [0.5, 0.6) is 0 Å². The summed E-state index contributed by atoms with van der Waals surface area (Å²) in [7, 11) is 0. The van der Waals surface area contributed by atoms with Crippen LogP contribution in [-0.4, -0.2) is 17.0 Å². The number of non-ortho nitro benzene ring substituents is 1. The van der Waals surface area contributed by atoms with Crippen LogP contribution >= 0.6 is 15.9 Å². The molecule has 0 saturated carbocycles. The number of halogens is 1. The molecule has 0 aliphatic heterocycles. The summed E-state index contributed by atoms with van der Waals surface area (Å²) in [6.07, 6.45) is 1.32. The molecule has 102 valence electrons. The molecule has 1 amide bonds. The van der Waals surface area contributed by atoms with Crippen molar-refractivity contribution >= 4 is 33.7 Å². The number of hydrazone groups is 1. The second-order valence-electron chi connectivity index (χ2n) is 3.65. The van der Waals surface area contributed by atoms with Gasteiger partial charge in [0.2, 0.25) is 0 Å². The van der Waals surface area contributed by atoms with Gasteiger partial charge in [-0.05, 0) is 34.1 Å². The van der Waals surface area contributed by atoms with Crippen LogP contribution in [-0.2, 0) is 0 Å². The fourth-order valence-corrected chi connectivity index (χ4v) is 1.70. The first-order valence-electron chi connectivity index (χ1n) is 5.39. The molecular formula is C12H8BrN3O4. The van der Waals surface area contributed by atoms with E-state index < -0.39 is 10.8 Å². The normalized spacial score (nSPS) is 10.7. The molecule has 20 heavy (non-hydrogen) atoms. The highest BCUT2D eigenvalue weighted by Crippen LogP contribution is 2.13. The number of nitro groups is 1. The zero-order valence-electron chi connectivity index (χ0n) is 9.95. The SMILES string of the molecule is O=C(NN=Cc1ccc(Br)o1)c1cccc([N+](=O)[O-])c1. The van der Waals surface area contributed by atoms with E-state index in [0.717, 1.165) is 0 Å². The van der Waals surface area contributed by atoms with E-state index in [1.54, 1.807) is 12.1 Å². The van der Waals surface area contributed by atoms with Crippen LogP contribution in [0.25, 0.3) is 0 Å². The monoisotopic (exact) mass is 337 g/mol. The number of carbonyl (C=O) groups is 1. The van der Waals surface area contributed by atoms with Gasteiger partial charge in [0.25, 0.3) is 11.6 Å². The molecule has 7 nitrogen and oxygen atoms in total. The third kappa shape index (κ3) is 3.51. The molecule has 0 spiro atoms. The fourth-order valence-electron chi connectivity index (χ4n) is 1.38. The maximum atomic E-state index is 11.7. The molecule has 0 radical (unpaired) electrons. The summed E-state index contributed by atoms with van der Waals surface area (Å²) in [4.78, 5) is 21.8. The van der Waals surface area contributed by atoms with Gasteiger partial charge in [-0.1, -0.05) is 6.07 Å². The number of hydrogen-bond acceptors (Lipinski definition) is 5. The molecule has 0 bridgehead atoms. The van der Waals surface area contributed by atoms with Gasteiger partial charge in [-0.2, -0.15) is 5.10 Å². The Bertz CT molecular complexity index is 681. The largest absolute Gasteiger partial charge is 0.448 e. The smallest absolute Gasteiger partial charge is 0.271 e. The number of benzene rings is 1. The summed E-state index contributed by atoms with van der Waals surface area (Å²) in [5, 5.41) is 14.3. The number of hydrogen-bond donors (Lipinski definition) is 1. The summed E-state index contributed by atoms with van der Waals surface area (Å²) in [5.41, 5.74) is 2.25. The molecule has 0 aliphatic rings. The van der Waals surface area contributed by atoms with Crippen LogP contribution in [0, 0.1) is 10.1 Å². The Morgan fingerprint density at radius 3 is 2.85 bits per heavy atom. The zero-order chi connectivity index (χ0) is 14.5. The average molecular weight is 338 g/mol. The van der Waals surface area contributed by atoms with Gasteiger partial charge in [-0.15, -0.1) is 0 Å². The van der Waals surface area contributed by atoms with Gasteiger partial charge in [0.15, 0.2) is 4.67 Å². The molecule has 1 N–H and O–H groups in total. The van der Waals surface area contributed by atoms with E-state index in [1.807, 2.05) is 0 Å². The minimum atomic E-state index is -0.569. The molecule has 0 fully saturated rings. The molecule has 0 saturated heterocycles. The van der Waals surface area contributed by atoms with Crippen LogP contribution in [0.4, 0.5) is 5.69 Å². The summed E-state index contributed by atoms with van der Waals surface area (Å²) in [6, 6.07) is 8.72. The minimum absolute atomic E-state index is 0.150. The molecule has 0 atom stereocenters. The molecular weight excluding hydrogens is 330 g/mol. The summed E-state index contributed by atoms with van der Waals surface area (Å²) >= 11 is 3.13. The second-order valence-corrected chi connectivity index (χ2v) is 4.43. The number of nitro benzene ring substituents is 1. The van der Waals surface area contributed by atoms with E-state index in [0.29, 0.717) is 10.4 Å². The van der Waals surface area contributed by atoms with E-state index in [-0.39, 0.29) is 11.3 Å². The van der Waals surface area contributed by atoms with E-state index in [9.17, 15) is 14.9 Å². The van der Waals surface area contributed by atoms with E-state index >= 15 is 0 Å². The Labute approximate surface area is 121 Å². The van der Waals surface area contributed by atoms with Gasteiger partial charge in [0.05, 0.1) is 11.1 Å². The fraction of sp³-hybridized carbons (Fsp3) is 0. The topological polar surface area (TPSA) is 97.7 Å². The van der Waals surface area contributed by atoms with E-state index in [4.69, 9.17) is 4.42 Å². The molecule has 0 aliphatic carbocycles. The van der Waals surface area contributed by atoms with Crippen molar-refractivity contribution < 1.29 is 14.1 Å². The van der Waals surface area contributed by atoms with Crippen molar-refractivity contribution in [2.75, 3.05) is 0 Å². The Kier molecular flexibility index (Phi) is 4.26. The minimum Gasteiger partial charge on any atom is -0.448 e. The maximum absolute atomic E-state index is 11.7. The van der Waals surface area contributed by atoms with Gasteiger partial charge in [-0.25, -0.2) is 5.43 Å². The number of amides is 1. The molecule has 1 aromatic carbocycles. The van der Waals surface area contributed by atoms with Crippen molar-refractivity contribution in [1.29, 1.82) is 0 Å². The Balaban J connectivity index is 2.03. The van der Waals surface area contributed by atoms with Gasteiger partial charge in [-0.3, -0.25) is 14.9 Å². The summed E-state index contributed by atoms with van der Waals surface area (Å²) < 4.78 is 5.69. The predicted octanol–water partition coefficient (Wildman–Crippen LogP) is 2.71. The highest BCUT2D eigenvalue weighted by molar-refractivity contribution is 9.10. The van der Waals surface area contributed by atoms with Crippen LogP contribution < -0.4 is 5.43 Å². The Morgan fingerprint density at radius 2 is 2.20 bits per heavy atom. The van der Waals surface area contributed by atoms with Crippen LogP contribution in [0.1, 0.15) is 16.1 Å². The molecule has 1 aromatic heterocycles. The van der Waals surface area contributed by atoms with Gasteiger partial charge in [0.1, 0.15) is 5.76 Å². The third-order valence-corrected chi connectivity index (χ3v) is 2.70. The maximum Gasteiger partial charge on any atom is 0.271 e. The predicted molar refractivity (Wildman–Crippen MR) is 74.6 cm³/mol. The summed E-state index contributed by atoms with van der Waals surface area (Å²) in [6.45, 7) is 0. The number of nitrogens with zero attached hydrogens (tertiary/aromatic N) is 2. The van der Waals surface area contributed by atoms with Crippen molar-refractivity contribution in [3.8, 4) is 0 Å². The third-order valence-electron chi connectivity index (χ3n) is 2.27. The molecule has 1 heterocycles. The van der Waals surface area contributed by atoms with E-state index in [2.05, 4.69) is 26.5 Å². The van der Waals surface area contributed by atoms with E-state index in [1.165, 1.54) is 30.5 Å². The lowest BCUT2D eigenvalue weighted by Gasteiger charge is -1.99. The Morgan fingerprint density at radius 1 is 1.40 bits per heavy atom. The first kappa shape index (κ1) is 13.9. The van der Waals surface area contributed by atoms with Crippen LogP contribution in [0.15, 0.2) is 50.6 Å². The summed E-state index contributed by atoms with van der Waals surface area (Å²) in [5.74, 6) is -0.0909. The lowest BCUT2D eigenvalue weighted by Crippen LogP contribution is -2.17. The molecule has 0 unspecified atom stereocenters. The lowest BCUT2D eigenvalue weighted by atomic mass is 10.2. The highest BCUT2D eigenvalue weighted by Gasteiger charge is 2.10. The zero-order valence-corrected chi connectivity index (χ0v) is 11.5. The second kappa shape index (κ2) is 6.11. The van der Waals surface area contributed by atoms with Crippen molar-refractivity contribution in [2.45, 2.75) is 0 Å². The first-order valence-corrected chi connectivity index (χ1v) is 6.19. The lowest BCUT2D eigenvalue weighted by molar-refractivity contribution is -0.384. The average Bonchev–Trinajstić information content (AvgIpc) is 2.84. The Hall–Kier alpha value is -2.48. The quantitative estimate of drug-likeness (QED) is 0.526. The van der Waals surface area contributed by atoms with Crippen molar-refractivity contribution in [1.82, 2.24) is 5.43 Å². The number of furan rings is 1. The van der Waals surface area contributed by atoms with Gasteiger partial charge >= 0.3 is 0 Å². The molecule has 2 rings (SSSR count). The number of carbonyl (C=O) groups excluding carboxylic acids is 1. The van der Waals surface area contributed by atoms with Crippen LogP contribution in [0.3, 0.4) is 0 Å². The molecule has 2 aromatic rings. The van der Waals surface area contributed by atoms with Crippen molar-refractivity contribution in [3.05, 3.63) is 62.5 Å². The number of nitrogens with one attached hydrogen (secondary N) is 1. The van der Waals surface area contributed by atoms with Crippen molar-refractivity contribution in [2.24, 2.45) is 5.10 Å². The highest BCUT2D eigenvalue weighted by atomic mass is 79.9. The van der Waals surface area contributed by atoms with Crippen molar-refractivity contribution in [3.63, 3.8) is 0 Å². The first-order chi connectivity index (χ1) is 9.56. The standard InChI is InChI=1S/C12H8BrN3O4/c13-11-5-4-10(20-11)7-14-15-12(17)8-2-1-3-9(6-8)16(18)19/h1-7H,(H,15,17). The van der Waals surface area contributed by atoms with Gasteiger partial charge < -0.3 is 4.42 Å². The molecule has 8 heteroatoms. The number of rotatable bonds is 4. The van der Waals surface area contributed by atoms with Crippen LogP contribution in [0.2, 0.25) is 0 Å².